The van der Waals surface area contributed by atoms with Crippen molar-refractivity contribution in [2.75, 3.05) is 11.9 Å². The van der Waals surface area contributed by atoms with Crippen LogP contribution in [0.2, 0.25) is 5.02 Å². The summed E-state index contributed by atoms with van der Waals surface area (Å²) >= 11 is 5.98. The molecule has 120 valence electrons. The third kappa shape index (κ3) is 4.83. The van der Waals surface area contributed by atoms with E-state index in [1.54, 1.807) is 36.4 Å². The minimum Gasteiger partial charge on any atom is -0.492 e. The summed E-state index contributed by atoms with van der Waals surface area (Å²) in [6.45, 7) is 2.39. The summed E-state index contributed by atoms with van der Waals surface area (Å²) < 4.78 is 5.45. The standard InChI is InChI=1S/C18H18ClNO3/c1-2-23-17-10-6-5-9-15(17)20-18(22)12-11-16(21)13-7-3-4-8-14(13)19/h3-10H,2,11-12H2,1H3,(H,20,22). The Hall–Kier alpha value is -2.33. The number of amides is 1. The van der Waals surface area contributed by atoms with Gasteiger partial charge >= 0.3 is 0 Å². The Bertz CT molecular complexity index is 700. The van der Waals surface area contributed by atoms with E-state index in [-0.39, 0.29) is 24.5 Å². The lowest BCUT2D eigenvalue weighted by Crippen LogP contribution is -2.14. The van der Waals surface area contributed by atoms with Gasteiger partial charge in [-0.25, -0.2) is 0 Å². The average molecular weight is 332 g/mol. The molecule has 0 saturated carbocycles. The van der Waals surface area contributed by atoms with Crippen molar-refractivity contribution >= 4 is 29.0 Å². The van der Waals surface area contributed by atoms with E-state index in [0.717, 1.165) is 0 Å². The number of halogens is 1. The maximum atomic E-state index is 12.1. The molecule has 4 nitrogen and oxygen atoms in total. The van der Waals surface area contributed by atoms with Crippen LogP contribution in [0.3, 0.4) is 0 Å². The van der Waals surface area contributed by atoms with Gasteiger partial charge in [0.2, 0.25) is 5.91 Å². The first-order chi connectivity index (χ1) is 11.1. The van der Waals surface area contributed by atoms with Crippen molar-refractivity contribution in [2.24, 2.45) is 0 Å². The number of anilines is 1. The molecular formula is C18H18ClNO3. The van der Waals surface area contributed by atoms with Crippen LogP contribution in [0.4, 0.5) is 5.69 Å². The van der Waals surface area contributed by atoms with Crippen LogP contribution in [0.15, 0.2) is 48.5 Å². The summed E-state index contributed by atoms with van der Waals surface area (Å²) in [5.74, 6) is 0.224. The number of hydrogen-bond acceptors (Lipinski definition) is 3. The van der Waals surface area contributed by atoms with E-state index in [9.17, 15) is 9.59 Å². The Balaban J connectivity index is 1.93. The summed E-state index contributed by atoms with van der Waals surface area (Å²) in [6.07, 6.45) is 0.191. The van der Waals surface area contributed by atoms with Crippen LogP contribution in [-0.4, -0.2) is 18.3 Å². The number of benzene rings is 2. The lowest BCUT2D eigenvalue weighted by atomic mass is 10.1. The molecule has 0 heterocycles. The highest BCUT2D eigenvalue weighted by atomic mass is 35.5. The van der Waals surface area contributed by atoms with Gasteiger partial charge in [0.1, 0.15) is 5.75 Å². The van der Waals surface area contributed by atoms with Gasteiger partial charge in [-0.1, -0.05) is 35.9 Å². The van der Waals surface area contributed by atoms with Crippen molar-refractivity contribution in [3.8, 4) is 5.75 Å². The molecule has 5 heteroatoms. The van der Waals surface area contributed by atoms with Gasteiger partial charge in [0.05, 0.1) is 17.3 Å². The molecule has 2 rings (SSSR count). The first-order valence-electron chi connectivity index (χ1n) is 7.41. The third-order valence-electron chi connectivity index (χ3n) is 3.21. The van der Waals surface area contributed by atoms with E-state index in [2.05, 4.69) is 5.32 Å². The Labute approximate surface area is 140 Å². The van der Waals surface area contributed by atoms with Crippen molar-refractivity contribution in [3.05, 3.63) is 59.1 Å². The predicted molar refractivity (Wildman–Crippen MR) is 91.3 cm³/mol. The summed E-state index contributed by atoms with van der Waals surface area (Å²) in [5.41, 5.74) is 1.04. The van der Waals surface area contributed by atoms with E-state index in [4.69, 9.17) is 16.3 Å². The van der Waals surface area contributed by atoms with Gasteiger partial charge in [-0.2, -0.15) is 0 Å². The second-order valence-corrected chi connectivity index (χ2v) is 5.29. The Kier molecular flexibility index (Phi) is 6.18. The normalized spacial score (nSPS) is 10.2. The number of rotatable bonds is 7. The molecule has 0 radical (unpaired) electrons. The molecule has 2 aromatic rings. The SMILES string of the molecule is CCOc1ccccc1NC(=O)CCC(=O)c1ccccc1Cl. The highest BCUT2D eigenvalue weighted by molar-refractivity contribution is 6.34. The second-order valence-electron chi connectivity index (χ2n) is 4.88. The van der Waals surface area contributed by atoms with Crippen molar-refractivity contribution in [2.45, 2.75) is 19.8 Å². The van der Waals surface area contributed by atoms with Crippen molar-refractivity contribution in [1.29, 1.82) is 0 Å². The molecule has 23 heavy (non-hydrogen) atoms. The predicted octanol–water partition coefficient (Wildman–Crippen LogP) is 4.34. The third-order valence-corrected chi connectivity index (χ3v) is 3.54. The van der Waals surface area contributed by atoms with Crippen LogP contribution in [0.25, 0.3) is 0 Å². The van der Waals surface area contributed by atoms with E-state index >= 15 is 0 Å². The molecule has 0 aliphatic heterocycles. The zero-order valence-corrected chi connectivity index (χ0v) is 13.6. The van der Waals surface area contributed by atoms with Crippen LogP contribution < -0.4 is 10.1 Å². The number of ketones is 1. The maximum absolute atomic E-state index is 12.1. The van der Waals surface area contributed by atoms with Crippen LogP contribution in [0.1, 0.15) is 30.1 Å². The molecule has 0 unspecified atom stereocenters. The number of para-hydroxylation sites is 2. The van der Waals surface area contributed by atoms with E-state index in [1.165, 1.54) is 0 Å². The zero-order valence-electron chi connectivity index (χ0n) is 12.8. The summed E-state index contributed by atoms with van der Waals surface area (Å²) in [4.78, 5) is 24.1. The summed E-state index contributed by atoms with van der Waals surface area (Å²) in [7, 11) is 0. The van der Waals surface area contributed by atoms with E-state index < -0.39 is 0 Å². The zero-order chi connectivity index (χ0) is 16.7. The fourth-order valence-electron chi connectivity index (χ4n) is 2.11. The second kappa shape index (κ2) is 8.34. The summed E-state index contributed by atoms with van der Waals surface area (Å²) in [6, 6.07) is 14.0. The molecule has 0 aromatic heterocycles. The molecule has 0 aliphatic rings. The molecule has 0 fully saturated rings. The van der Waals surface area contributed by atoms with Crippen LogP contribution in [0.5, 0.6) is 5.75 Å². The number of nitrogens with one attached hydrogen (secondary N) is 1. The largest absolute Gasteiger partial charge is 0.492 e. The van der Waals surface area contributed by atoms with Gasteiger partial charge in [-0.05, 0) is 31.2 Å². The fraction of sp³-hybridized carbons (Fsp3) is 0.222. The van der Waals surface area contributed by atoms with Crippen molar-refractivity contribution in [1.82, 2.24) is 0 Å². The summed E-state index contributed by atoms with van der Waals surface area (Å²) in [5, 5.41) is 3.17. The number of ether oxygens (including phenoxy) is 1. The maximum Gasteiger partial charge on any atom is 0.224 e. The number of Topliss-reactive ketones (excluding diaryl/α,β-unsaturated/α-hetero) is 1. The molecule has 0 spiro atoms. The van der Waals surface area contributed by atoms with Crippen molar-refractivity contribution < 1.29 is 14.3 Å². The minimum absolute atomic E-state index is 0.0878. The van der Waals surface area contributed by atoms with Gasteiger partial charge in [-0.15, -0.1) is 0 Å². The highest BCUT2D eigenvalue weighted by Crippen LogP contribution is 2.24. The lowest BCUT2D eigenvalue weighted by molar-refractivity contribution is -0.116. The fourth-order valence-corrected chi connectivity index (χ4v) is 2.35. The minimum atomic E-state index is -0.238. The first-order valence-corrected chi connectivity index (χ1v) is 7.79. The molecule has 1 N–H and O–H groups in total. The topological polar surface area (TPSA) is 55.4 Å². The number of hydrogen-bond donors (Lipinski definition) is 1. The van der Waals surface area contributed by atoms with Gasteiger partial charge in [-0.3, -0.25) is 9.59 Å². The van der Waals surface area contributed by atoms with Gasteiger partial charge in [0.25, 0.3) is 0 Å². The van der Waals surface area contributed by atoms with Gasteiger partial charge in [0.15, 0.2) is 5.78 Å². The van der Waals surface area contributed by atoms with Crippen LogP contribution in [-0.2, 0) is 4.79 Å². The molecule has 2 aromatic carbocycles. The molecule has 0 saturated heterocycles. The quantitative estimate of drug-likeness (QED) is 0.768. The van der Waals surface area contributed by atoms with Crippen molar-refractivity contribution in [3.63, 3.8) is 0 Å². The lowest BCUT2D eigenvalue weighted by Gasteiger charge is -2.11. The molecule has 0 atom stereocenters. The van der Waals surface area contributed by atoms with Crippen LogP contribution in [0, 0.1) is 0 Å². The average Bonchev–Trinajstić information content (AvgIpc) is 2.55. The van der Waals surface area contributed by atoms with E-state index in [0.29, 0.717) is 28.6 Å². The smallest absolute Gasteiger partial charge is 0.224 e. The molecule has 0 aliphatic carbocycles. The Morgan fingerprint density at radius 1 is 1.04 bits per heavy atom. The molecule has 1 amide bonds. The number of carbonyl (C=O) groups is 2. The first kappa shape index (κ1) is 17.0. The van der Waals surface area contributed by atoms with E-state index in [1.807, 2.05) is 19.1 Å². The molecule has 0 bridgehead atoms. The monoisotopic (exact) mass is 331 g/mol. The number of carbonyl (C=O) groups excluding carboxylic acids is 2. The highest BCUT2D eigenvalue weighted by Gasteiger charge is 2.13. The van der Waals surface area contributed by atoms with Gasteiger partial charge < -0.3 is 10.1 Å². The Morgan fingerprint density at radius 3 is 2.48 bits per heavy atom. The van der Waals surface area contributed by atoms with Gasteiger partial charge in [0, 0.05) is 18.4 Å². The molecular weight excluding hydrogens is 314 g/mol. The Morgan fingerprint density at radius 2 is 1.74 bits per heavy atom. The van der Waals surface area contributed by atoms with Crippen LogP contribution >= 0.6 is 11.6 Å².